The van der Waals surface area contributed by atoms with E-state index in [9.17, 15) is 23.7 Å². The summed E-state index contributed by atoms with van der Waals surface area (Å²) in [4.78, 5) is 17.9. The fraction of sp³-hybridized carbons (Fsp3) is 0.0213. The summed E-state index contributed by atoms with van der Waals surface area (Å²) in [6.45, 7) is 0. The molecule has 0 radical (unpaired) electrons. The standard InChI is InChI=1S/C47H25F3N8/c48-47(49,50)37-11-5-8-30(26-51)44(37)31-24-42(57-38-12-3-1-9-32(38)34-16-14-28(22-40(34)57)45-53-18-6-19-54-45)36(27-52)43(25-31)58-39-13-4-2-10-33(39)35-17-15-29(23-41(35)58)46-55-20-7-21-56-46/h1-25H. The summed E-state index contributed by atoms with van der Waals surface area (Å²) >= 11 is 0. The summed E-state index contributed by atoms with van der Waals surface area (Å²) in [7, 11) is 0. The Kier molecular flexibility index (Phi) is 7.85. The maximum Gasteiger partial charge on any atom is 0.417 e. The van der Waals surface area contributed by atoms with Gasteiger partial charge in [0.1, 0.15) is 11.6 Å². The Morgan fingerprint density at radius 2 is 0.948 bits per heavy atom. The molecule has 58 heavy (non-hydrogen) atoms. The zero-order valence-electron chi connectivity index (χ0n) is 30.1. The van der Waals surface area contributed by atoms with Crippen molar-refractivity contribution >= 4 is 43.6 Å². The topological polar surface area (TPSA) is 109 Å². The highest BCUT2D eigenvalue weighted by molar-refractivity contribution is 6.12. The first-order chi connectivity index (χ1) is 28.3. The van der Waals surface area contributed by atoms with Crippen LogP contribution in [-0.4, -0.2) is 29.1 Å². The van der Waals surface area contributed by atoms with E-state index in [0.29, 0.717) is 45.2 Å². The van der Waals surface area contributed by atoms with Crippen LogP contribution in [-0.2, 0) is 6.18 Å². The molecule has 0 aliphatic heterocycles. The van der Waals surface area contributed by atoms with Crippen molar-refractivity contribution in [2.45, 2.75) is 6.18 Å². The Morgan fingerprint density at radius 1 is 0.466 bits per heavy atom. The van der Waals surface area contributed by atoms with Gasteiger partial charge in [0.2, 0.25) is 0 Å². The second-order valence-corrected chi connectivity index (χ2v) is 13.7. The summed E-state index contributed by atoms with van der Waals surface area (Å²) < 4.78 is 48.8. The normalized spacial score (nSPS) is 11.7. The third-order valence-corrected chi connectivity index (χ3v) is 10.5. The van der Waals surface area contributed by atoms with Crippen LogP contribution >= 0.6 is 0 Å². The Bertz CT molecular complexity index is 3180. The molecule has 0 aliphatic carbocycles. The predicted octanol–water partition coefficient (Wildman–Crippen LogP) is 11.2. The Hall–Kier alpha value is -8.15. The van der Waals surface area contributed by atoms with Crippen molar-refractivity contribution in [2.24, 2.45) is 0 Å². The molecule has 4 aromatic heterocycles. The summed E-state index contributed by atoms with van der Waals surface area (Å²) in [6, 6.07) is 41.7. The van der Waals surface area contributed by atoms with E-state index >= 15 is 0 Å². The van der Waals surface area contributed by atoms with Gasteiger partial charge in [-0.3, -0.25) is 0 Å². The molecule has 0 aliphatic rings. The first-order valence-electron chi connectivity index (χ1n) is 18.1. The number of halogens is 3. The van der Waals surface area contributed by atoms with E-state index in [4.69, 9.17) is 0 Å². The van der Waals surface area contributed by atoms with Crippen LogP contribution in [0.5, 0.6) is 0 Å². The van der Waals surface area contributed by atoms with E-state index in [1.54, 1.807) is 49.1 Å². The van der Waals surface area contributed by atoms with Gasteiger partial charge in [-0.2, -0.15) is 23.7 Å². The largest absolute Gasteiger partial charge is 0.417 e. The third-order valence-electron chi connectivity index (χ3n) is 10.5. The van der Waals surface area contributed by atoms with Gasteiger partial charge in [-0.25, -0.2) is 19.9 Å². The molecule has 6 aromatic carbocycles. The van der Waals surface area contributed by atoms with Gasteiger partial charge in [-0.05, 0) is 66.2 Å². The minimum Gasteiger partial charge on any atom is -0.308 e. The molecule has 10 aromatic rings. The van der Waals surface area contributed by atoms with Gasteiger partial charge in [0.05, 0.1) is 50.6 Å². The molecule has 0 unspecified atom stereocenters. The van der Waals surface area contributed by atoms with Crippen LogP contribution in [0.1, 0.15) is 16.7 Å². The second kappa shape index (κ2) is 13.3. The van der Waals surface area contributed by atoms with Crippen molar-refractivity contribution in [1.82, 2.24) is 29.1 Å². The van der Waals surface area contributed by atoms with Gasteiger partial charge >= 0.3 is 6.18 Å². The van der Waals surface area contributed by atoms with Crippen LogP contribution in [0.4, 0.5) is 13.2 Å². The zero-order valence-corrected chi connectivity index (χ0v) is 30.1. The number of nitrogens with zero attached hydrogens (tertiary/aromatic N) is 8. The van der Waals surface area contributed by atoms with Gasteiger partial charge in [0.25, 0.3) is 0 Å². The van der Waals surface area contributed by atoms with Gasteiger partial charge in [-0.15, -0.1) is 0 Å². The molecule has 274 valence electrons. The van der Waals surface area contributed by atoms with E-state index in [0.717, 1.165) is 38.6 Å². The summed E-state index contributed by atoms with van der Waals surface area (Å²) in [5.41, 5.74) is 3.75. The number of para-hydroxylation sites is 2. The highest BCUT2D eigenvalue weighted by atomic mass is 19.4. The molecular formula is C47H25F3N8. The number of aromatic nitrogens is 6. The summed E-state index contributed by atoms with van der Waals surface area (Å²) in [5, 5.41) is 25.1. The molecule has 0 spiro atoms. The van der Waals surface area contributed by atoms with Crippen LogP contribution in [0, 0.1) is 22.7 Å². The Morgan fingerprint density at radius 3 is 1.41 bits per heavy atom. The molecule has 0 saturated heterocycles. The molecule has 0 N–H and O–H groups in total. The number of nitriles is 2. The van der Waals surface area contributed by atoms with Crippen LogP contribution in [0.2, 0.25) is 0 Å². The predicted molar refractivity (Wildman–Crippen MR) is 217 cm³/mol. The Labute approximate surface area is 328 Å². The average molecular weight is 759 g/mol. The van der Waals surface area contributed by atoms with Crippen molar-refractivity contribution < 1.29 is 13.2 Å². The quantitative estimate of drug-likeness (QED) is 0.173. The van der Waals surface area contributed by atoms with Gasteiger partial charge in [-0.1, -0.05) is 66.7 Å². The zero-order chi connectivity index (χ0) is 39.5. The van der Waals surface area contributed by atoms with Crippen molar-refractivity contribution in [3.8, 4) is 57.4 Å². The lowest BCUT2D eigenvalue weighted by molar-refractivity contribution is -0.137. The number of fused-ring (bicyclic) bond motifs is 6. The van der Waals surface area contributed by atoms with E-state index in [1.165, 1.54) is 12.1 Å². The average Bonchev–Trinajstić information content (AvgIpc) is 3.78. The number of alkyl halides is 3. The number of benzene rings is 6. The first kappa shape index (κ1) is 34.3. The smallest absolute Gasteiger partial charge is 0.308 e. The lowest BCUT2D eigenvalue weighted by Crippen LogP contribution is -2.10. The number of rotatable bonds is 5. The van der Waals surface area contributed by atoms with E-state index in [1.807, 2.05) is 100 Å². The van der Waals surface area contributed by atoms with Crippen LogP contribution in [0.3, 0.4) is 0 Å². The minimum absolute atomic E-state index is 0.107. The van der Waals surface area contributed by atoms with E-state index in [-0.39, 0.29) is 22.3 Å². The SMILES string of the molecule is N#Cc1cccc(C(F)(F)F)c1-c1cc(-n2c3ccccc3c3ccc(-c4ncccn4)cc32)c(C#N)c(-n2c3ccccc3c3ccc(-c4ncccn4)cc32)c1. The van der Waals surface area contributed by atoms with Crippen LogP contribution in [0.15, 0.2) is 152 Å². The molecule has 4 heterocycles. The maximum atomic E-state index is 15.0. The van der Waals surface area contributed by atoms with Crippen molar-refractivity contribution in [2.75, 3.05) is 0 Å². The maximum absolute atomic E-state index is 15.0. The van der Waals surface area contributed by atoms with E-state index in [2.05, 4.69) is 26.0 Å². The Balaban J connectivity index is 1.39. The van der Waals surface area contributed by atoms with Gasteiger partial charge < -0.3 is 9.13 Å². The van der Waals surface area contributed by atoms with Crippen LogP contribution < -0.4 is 0 Å². The fourth-order valence-electron chi connectivity index (χ4n) is 8.05. The van der Waals surface area contributed by atoms with Crippen LogP contribution in [0.25, 0.3) is 88.9 Å². The third kappa shape index (κ3) is 5.37. The van der Waals surface area contributed by atoms with Crippen molar-refractivity contribution in [3.63, 3.8) is 0 Å². The highest BCUT2D eigenvalue weighted by Crippen LogP contribution is 2.44. The monoisotopic (exact) mass is 758 g/mol. The summed E-state index contributed by atoms with van der Waals surface area (Å²) in [6.07, 6.45) is 1.80. The first-order valence-corrected chi connectivity index (χ1v) is 18.1. The highest BCUT2D eigenvalue weighted by Gasteiger charge is 2.35. The molecule has 0 saturated carbocycles. The minimum atomic E-state index is -4.80. The molecule has 0 bridgehead atoms. The molecule has 0 atom stereocenters. The molecule has 0 amide bonds. The number of hydrogen-bond acceptors (Lipinski definition) is 6. The molecular weight excluding hydrogens is 734 g/mol. The van der Waals surface area contributed by atoms with Crippen molar-refractivity contribution in [3.05, 3.63) is 169 Å². The summed E-state index contributed by atoms with van der Waals surface area (Å²) in [5.74, 6) is 0.967. The lowest BCUT2D eigenvalue weighted by Gasteiger charge is -2.20. The molecule has 8 nitrogen and oxygen atoms in total. The fourth-order valence-corrected chi connectivity index (χ4v) is 8.05. The molecule has 11 heteroatoms. The van der Waals surface area contributed by atoms with E-state index < -0.39 is 11.7 Å². The lowest BCUT2D eigenvalue weighted by atomic mass is 9.92. The second-order valence-electron chi connectivity index (χ2n) is 13.7. The number of hydrogen-bond donors (Lipinski definition) is 0. The van der Waals surface area contributed by atoms with Gasteiger partial charge in [0, 0.05) is 63.0 Å². The van der Waals surface area contributed by atoms with Crippen molar-refractivity contribution in [1.29, 1.82) is 10.5 Å². The molecule has 0 fully saturated rings. The van der Waals surface area contributed by atoms with Gasteiger partial charge in [0.15, 0.2) is 11.6 Å². The molecule has 10 rings (SSSR count).